The molecule has 0 nitrogen and oxygen atoms in total. The number of fused-ring (bicyclic) bond motifs is 2. The fourth-order valence-corrected chi connectivity index (χ4v) is 4.80. The molecule has 3 aromatic rings. The summed E-state index contributed by atoms with van der Waals surface area (Å²) in [6.07, 6.45) is 26.2. The summed E-state index contributed by atoms with van der Waals surface area (Å²) in [5.41, 5.74) is 6.04. The molecule has 0 N–H and O–H groups in total. The standard InChI is InChI=1S/C34H28/c1-26(24-25-27-14-5-4-6-15-27)29-18-7-2-3-8-20-34(33-22-12-11-21-31(29)33)32-23-13-17-28-16-9-10-19-30(28)32/h2-25,31,33H,1H2/b7-2-,8-3-,25-24-,29-18+,34-20+. The van der Waals surface area contributed by atoms with Crippen LogP contribution in [0.15, 0.2) is 157 Å². The largest absolute Gasteiger partial charge is 0.0915 e. The van der Waals surface area contributed by atoms with Crippen LogP contribution in [0.1, 0.15) is 11.1 Å². The summed E-state index contributed by atoms with van der Waals surface area (Å²) in [5, 5.41) is 2.55. The van der Waals surface area contributed by atoms with E-state index >= 15 is 0 Å². The highest BCUT2D eigenvalue weighted by Crippen LogP contribution is 2.41. The first-order valence-corrected chi connectivity index (χ1v) is 11.8. The monoisotopic (exact) mass is 436 g/mol. The molecule has 0 amide bonds. The molecule has 0 aliphatic heterocycles. The van der Waals surface area contributed by atoms with Gasteiger partial charge >= 0.3 is 0 Å². The van der Waals surface area contributed by atoms with Crippen LogP contribution in [0.25, 0.3) is 22.4 Å². The predicted octanol–water partition coefficient (Wildman–Crippen LogP) is 8.90. The van der Waals surface area contributed by atoms with E-state index in [-0.39, 0.29) is 11.8 Å². The van der Waals surface area contributed by atoms with Gasteiger partial charge in [0.15, 0.2) is 0 Å². The lowest BCUT2D eigenvalue weighted by molar-refractivity contribution is 0.656. The Hall–Kier alpha value is -4.16. The summed E-state index contributed by atoms with van der Waals surface area (Å²) in [5.74, 6) is 0.402. The molecule has 0 saturated carbocycles. The average Bonchev–Trinajstić information content (AvgIpc) is 2.90. The summed E-state index contributed by atoms with van der Waals surface area (Å²) in [7, 11) is 0. The average molecular weight is 437 g/mol. The summed E-state index contributed by atoms with van der Waals surface area (Å²) in [6, 6.07) is 25.6. The van der Waals surface area contributed by atoms with Gasteiger partial charge in [-0.15, -0.1) is 0 Å². The van der Waals surface area contributed by atoms with Gasteiger partial charge in [-0.1, -0.05) is 152 Å². The Morgan fingerprint density at radius 3 is 2.21 bits per heavy atom. The number of allylic oxidation sites excluding steroid dienone is 14. The summed E-state index contributed by atoms with van der Waals surface area (Å²) < 4.78 is 0. The van der Waals surface area contributed by atoms with Crippen molar-refractivity contribution in [2.45, 2.75) is 0 Å². The molecule has 2 aliphatic rings. The lowest BCUT2D eigenvalue weighted by atomic mass is 9.73. The molecule has 0 saturated heterocycles. The zero-order chi connectivity index (χ0) is 23.2. The Balaban J connectivity index is 1.58. The van der Waals surface area contributed by atoms with E-state index in [1.807, 2.05) is 6.07 Å². The molecule has 0 radical (unpaired) electrons. The van der Waals surface area contributed by atoms with Gasteiger partial charge in [0.2, 0.25) is 0 Å². The van der Waals surface area contributed by atoms with Crippen molar-refractivity contribution in [3.8, 4) is 0 Å². The van der Waals surface area contributed by atoms with Crippen LogP contribution < -0.4 is 0 Å². The highest BCUT2D eigenvalue weighted by molar-refractivity contribution is 5.95. The molecule has 0 aromatic heterocycles. The van der Waals surface area contributed by atoms with Crippen LogP contribution in [-0.4, -0.2) is 0 Å². The van der Waals surface area contributed by atoms with E-state index in [0.717, 1.165) is 5.57 Å². The molecule has 0 heteroatoms. The van der Waals surface area contributed by atoms with Crippen molar-refractivity contribution in [1.82, 2.24) is 0 Å². The van der Waals surface area contributed by atoms with Gasteiger partial charge in [-0.25, -0.2) is 0 Å². The minimum atomic E-state index is 0.194. The first-order valence-electron chi connectivity index (χ1n) is 11.8. The molecular weight excluding hydrogens is 408 g/mol. The molecule has 34 heavy (non-hydrogen) atoms. The van der Waals surface area contributed by atoms with Gasteiger partial charge in [-0.3, -0.25) is 0 Å². The number of hydrogen-bond acceptors (Lipinski definition) is 0. The maximum absolute atomic E-state index is 4.47. The van der Waals surface area contributed by atoms with Crippen molar-refractivity contribution in [1.29, 1.82) is 0 Å². The summed E-state index contributed by atoms with van der Waals surface area (Å²) >= 11 is 0. The van der Waals surface area contributed by atoms with Crippen LogP contribution in [0.2, 0.25) is 0 Å². The molecule has 2 atom stereocenters. The molecule has 0 heterocycles. The van der Waals surface area contributed by atoms with Crippen molar-refractivity contribution in [3.05, 3.63) is 168 Å². The molecule has 5 rings (SSSR count). The number of rotatable bonds is 4. The molecule has 0 bridgehead atoms. The van der Waals surface area contributed by atoms with Gasteiger partial charge in [0.25, 0.3) is 0 Å². The molecule has 3 aromatic carbocycles. The number of hydrogen-bond donors (Lipinski definition) is 0. The second kappa shape index (κ2) is 10.2. The summed E-state index contributed by atoms with van der Waals surface area (Å²) in [6.45, 7) is 4.47. The van der Waals surface area contributed by atoms with Crippen LogP contribution in [0, 0.1) is 11.8 Å². The Kier molecular flexibility index (Phi) is 6.49. The second-order valence-corrected chi connectivity index (χ2v) is 8.63. The van der Waals surface area contributed by atoms with Crippen molar-refractivity contribution >= 4 is 22.4 Å². The third kappa shape index (κ3) is 4.63. The fourth-order valence-electron chi connectivity index (χ4n) is 4.80. The maximum atomic E-state index is 4.47. The molecule has 2 unspecified atom stereocenters. The van der Waals surface area contributed by atoms with E-state index in [1.165, 1.54) is 33.0 Å². The third-order valence-corrected chi connectivity index (χ3v) is 6.49. The Morgan fingerprint density at radius 1 is 0.647 bits per heavy atom. The van der Waals surface area contributed by atoms with Gasteiger partial charge in [-0.2, -0.15) is 0 Å². The maximum Gasteiger partial charge on any atom is 0.0131 e. The van der Waals surface area contributed by atoms with Crippen molar-refractivity contribution < 1.29 is 0 Å². The topological polar surface area (TPSA) is 0 Å². The SMILES string of the molecule is C=C(/C=C\c1ccccc1)\C1=C/C=C\C=C/C=C(\c2cccc3ccccc23)C2C=CC=CC12. The van der Waals surface area contributed by atoms with Crippen molar-refractivity contribution in [2.75, 3.05) is 0 Å². The third-order valence-electron chi connectivity index (χ3n) is 6.49. The highest BCUT2D eigenvalue weighted by Gasteiger charge is 2.27. The molecule has 164 valence electrons. The summed E-state index contributed by atoms with van der Waals surface area (Å²) in [4.78, 5) is 0. The van der Waals surface area contributed by atoms with E-state index in [4.69, 9.17) is 0 Å². The van der Waals surface area contributed by atoms with Crippen LogP contribution in [0.4, 0.5) is 0 Å². The second-order valence-electron chi connectivity index (χ2n) is 8.63. The lowest BCUT2D eigenvalue weighted by Gasteiger charge is -2.30. The van der Waals surface area contributed by atoms with E-state index < -0.39 is 0 Å². The predicted molar refractivity (Wildman–Crippen MR) is 148 cm³/mol. The van der Waals surface area contributed by atoms with E-state index in [1.54, 1.807) is 0 Å². The van der Waals surface area contributed by atoms with E-state index in [9.17, 15) is 0 Å². The zero-order valence-electron chi connectivity index (χ0n) is 19.2. The molecule has 0 spiro atoms. The van der Waals surface area contributed by atoms with Gasteiger partial charge in [0.05, 0.1) is 0 Å². The first kappa shape index (κ1) is 21.7. The normalized spacial score (nSPS) is 24.6. The van der Waals surface area contributed by atoms with Gasteiger partial charge < -0.3 is 0 Å². The van der Waals surface area contributed by atoms with Crippen molar-refractivity contribution in [2.24, 2.45) is 11.8 Å². The molecule has 0 fully saturated rings. The van der Waals surface area contributed by atoms with Crippen molar-refractivity contribution in [3.63, 3.8) is 0 Å². The highest BCUT2D eigenvalue weighted by atomic mass is 14.3. The Bertz CT molecular complexity index is 1400. The van der Waals surface area contributed by atoms with Gasteiger partial charge in [0.1, 0.15) is 0 Å². The Morgan fingerprint density at radius 2 is 1.35 bits per heavy atom. The van der Waals surface area contributed by atoms with Crippen LogP contribution in [0.3, 0.4) is 0 Å². The molecule has 2 aliphatic carbocycles. The quantitative estimate of drug-likeness (QED) is 0.358. The van der Waals surface area contributed by atoms with Crippen LogP contribution in [-0.2, 0) is 0 Å². The lowest BCUT2D eigenvalue weighted by Crippen LogP contribution is -2.18. The first-order chi connectivity index (χ1) is 16.8. The molecular formula is C34H28. The van der Waals surface area contributed by atoms with Gasteiger partial charge in [0, 0.05) is 11.8 Å². The van der Waals surface area contributed by atoms with E-state index in [0.29, 0.717) is 0 Å². The zero-order valence-corrected chi connectivity index (χ0v) is 19.2. The Labute approximate surface area is 202 Å². The van der Waals surface area contributed by atoms with Gasteiger partial charge in [-0.05, 0) is 38.6 Å². The minimum absolute atomic E-state index is 0.194. The van der Waals surface area contributed by atoms with E-state index in [2.05, 4.69) is 146 Å². The smallest absolute Gasteiger partial charge is 0.0131 e. The van der Waals surface area contributed by atoms with Crippen LogP contribution in [0.5, 0.6) is 0 Å². The fraction of sp³-hybridized carbons (Fsp3) is 0.0588. The minimum Gasteiger partial charge on any atom is -0.0915 e. The number of benzene rings is 3. The van der Waals surface area contributed by atoms with Crippen LogP contribution >= 0.6 is 0 Å².